The van der Waals surface area contributed by atoms with E-state index in [9.17, 15) is 9.59 Å². The molecule has 1 heterocycles. The monoisotopic (exact) mass is 353 g/mol. The molecule has 0 bridgehead atoms. The molecule has 0 aliphatic heterocycles. The Morgan fingerprint density at radius 2 is 2.14 bits per heavy atom. The molecule has 0 aliphatic rings. The van der Waals surface area contributed by atoms with Gasteiger partial charge in [-0.2, -0.15) is 0 Å². The lowest BCUT2D eigenvalue weighted by atomic mass is 10.1. The lowest BCUT2D eigenvalue weighted by Gasteiger charge is -2.13. The number of aromatic nitrogens is 2. The quantitative estimate of drug-likeness (QED) is 0.782. The lowest BCUT2D eigenvalue weighted by Crippen LogP contribution is -2.17. The Labute approximate surface area is 128 Å². The Hall–Kier alpha value is -2.35. The summed E-state index contributed by atoms with van der Waals surface area (Å²) >= 11 is 3.34. The number of hydrogen-bond acceptors (Lipinski definition) is 4. The van der Waals surface area contributed by atoms with Gasteiger partial charge in [-0.15, -0.1) is 0 Å². The van der Waals surface area contributed by atoms with Gasteiger partial charge in [0, 0.05) is 4.47 Å². The number of benzene rings is 1. The van der Waals surface area contributed by atoms with Crippen LogP contribution in [0.3, 0.4) is 0 Å². The summed E-state index contributed by atoms with van der Waals surface area (Å²) in [5.74, 6) is -1.42. The number of carbonyl (C=O) groups is 2. The van der Waals surface area contributed by atoms with Crippen LogP contribution in [-0.4, -0.2) is 34.1 Å². The molecule has 0 fully saturated rings. The van der Waals surface area contributed by atoms with Gasteiger partial charge in [-0.1, -0.05) is 15.9 Å². The predicted molar refractivity (Wildman–Crippen MR) is 78.9 cm³/mol. The third-order valence-electron chi connectivity index (χ3n) is 2.79. The van der Waals surface area contributed by atoms with Gasteiger partial charge in [-0.25, -0.2) is 9.78 Å². The van der Waals surface area contributed by atoms with Crippen LogP contribution < -0.4 is 10.1 Å². The maximum atomic E-state index is 12.2. The highest BCUT2D eigenvalue weighted by atomic mass is 79.9. The van der Waals surface area contributed by atoms with E-state index in [2.05, 4.69) is 31.2 Å². The van der Waals surface area contributed by atoms with Crippen LogP contribution >= 0.6 is 15.9 Å². The number of H-pyrrole nitrogens is 1. The van der Waals surface area contributed by atoms with Crippen molar-refractivity contribution < 1.29 is 19.4 Å². The van der Waals surface area contributed by atoms with Crippen molar-refractivity contribution in [3.05, 3.63) is 39.9 Å². The summed E-state index contributed by atoms with van der Waals surface area (Å²) in [6, 6.07) is 3.51. The molecular weight excluding hydrogens is 342 g/mol. The van der Waals surface area contributed by atoms with Gasteiger partial charge in [0.05, 0.1) is 19.1 Å². The average molecular weight is 354 g/mol. The number of aromatic carboxylic acids is 1. The molecule has 0 aliphatic carbocycles. The van der Waals surface area contributed by atoms with Crippen molar-refractivity contribution in [1.29, 1.82) is 0 Å². The normalized spacial score (nSPS) is 10.2. The van der Waals surface area contributed by atoms with E-state index in [-0.39, 0.29) is 11.4 Å². The number of anilines is 1. The van der Waals surface area contributed by atoms with Gasteiger partial charge in [-0.3, -0.25) is 4.79 Å². The standard InChI is InChI=1S/C13H12BrN3O4/c1-6-3-7(14)4-8(21-2)9(6)17-12(18)10-11(13(19)20)16-5-15-10/h3-5H,1-2H3,(H,15,16)(H,17,18)(H,19,20). The number of methoxy groups -OCH3 is 1. The van der Waals surface area contributed by atoms with E-state index >= 15 is 0 Å². The SMILES string of the molecule is COc1cc(Br)cc(C)c1NC(=O)c1nc[nH]c1C(=O)O. The van der Waals surface area contributed by atoms with E-state index in [1.807, 2.05) is 0 Å². The van der Waals surface area contributed by atoms with E-state index in [0.29, 0.717) is 11.4 Å². The van der Waals surface area contributed by atoms with Crippen molar-refractivity contribution in [1.82, 2.24) is 9.97 Å². The van der Waals surface area contributed by atoms with E-state index in [1.54, 1.807) is 19.1 Å². The van der Waals surface area contributed by atoms with Gasteiger partial charge in [0.2, 0.25) is 0 Å². The second-order valence-corrected chi connectivity index (χ2v) is 5.10. The first-order valence-electron chi connectivity index (χ1n) is 5.86. The number of ether oxygens (including phenoxy) is 1. The molecule has 1 aromatic carbocycles. The molecule has 3 N–H and O–H groups in total. The fraction of sp³-hybridized carbons (Fsp3) is 0.154. The molecule has 7 nitrogen and oxygen atoms in total. The summed E-state index contributed by atoms with van der Waals surface area (Å²) in [7, 11) is 1.48. The summed E-state index contributed by atoms with van der Waals surface area (Å²) in [5.41, 5.74) is 0.778. The van der Waals surface area contributed by atoms with Gasteiger partial charge in [0.25, 0.3) is 5.91 Å². The van der Waals surface area contributed by atoms with Crippen molar-refractivity contribution in [2.75, 3.05) is 12.4 Å². The first-order valence-corrected chi connectivity index (χ1v) is 6.65. The molecule has 0 atom stereocenters. The molecule has 8 heteroatoms. The zero-order chi connectivity index (χ0) is 15.6. The fourth-order valence-electron chi connectivity index (χ4n) is 1.84. The van der Waals surface area contributed by atoms with Gasteiger partial charge >= 0.3 is 5.97 Å². The molecule has 110 valence electrons. The minimum Gasteiger partial charge on any atom is -0.495 e. The van der Waals surface area contributed by atoms with Crippen LogP contribution in [0.2, 0.25) is 0 Å². The highest BCUT2D eigenvalue weighted by Gasteiger charge is 2.21. The van der Waals surface area contributed by atoms with Crippen LogP contribution in [0.15, 0.2) is 22.9 Å². The first kappa shape index (κ1) is 15.0. The minimum atomic E-state index is -1.25. The Balaban J connectivity index is 2.36. The highest BCUT2D eigenvalue weighted by molar-refractivity contribution is 9.10. The summed E-state index contributed by atoms with van der Waals surface area (Å²) in [6.45, 7) is 1.80. The number of nitrogens with one attached hydrogen (secondary N) is 2. The zero-order valence-electron chi connectivity index (χ0n) is 11.2. The van der Waals surface area contributed by atoms with Crippen molar-refractivity contribution in [2.24, 2.45) is 0 Å². The number of carboxylic acids is 1. The van der Waals surface area contributed by atoms with Crippen molar-refractivity contribution in [3.63, 3.8) is 0 Å². The number of aromatic amines is 1. The van der Waals surface area contributed by atoms with Crippen LogP contribution in [-0.2, 0) is 0 Å². The first-order chi connectivity index (χ1) is 9.93. The molecule has 1 amide bonds. The number of carbonyl (C=O) groups excluding carboxylic acids is 1. The molecule has 21 heavy (non-hydrogen) atoms. The molecule has 0 saturated carbocycles. The van der Waals surface area contributed by atoms with Crippen molar-refractivity contribution in [3.8, 4) is 5.75 Å². The van der Waals surface area contributed by atoms with Gasteiger partial charge in [0.1, 0.15) is 5.75 Å². The van der Waals surface area contributed by atoms with Crippen LogP contribution in [0.4, 0.5) is 5.69 Å². The number of amides is 1. The third kappa shape index (κ3) is 3.05. The Kier molecular flexibility index (Phi) is 4.27. The largest absolute Gasteiger partial charge is 0.495 e. The topological polar surface area (TPSA) is 104 Å². The Morgan fingerprint density at radius 3 is 2.76 bits per heavy atom. The van der Waals surface area contributed by atoms with E-state index in [0.717, 1.165) is 16.4 Å². The lowest BCUT2D eigenvalue weighted by molar-refractivity contribution is 0.0686. The average Bonchev–Trinajstić information content (AvgIpc) is 2.90. The van der Waals surface area contributed by atoms with E-state index < -0.39 is 11.9 Å². The van der Waals surface area contributed by atoms with Crippen LogP contribution in [0.5, 0.6) is 5.75 Å². The summed E-state index contributed by atoms with van der Waals surface area (Å²) in [5, 5.41) is 11.6. The molecule has 2 rings (SSSR count). The number of nitrogens with zero attached hydrogens (tertiary/aromatic N) is 1. The Bertz CT molecular complexity index is 711. The zero-order valence-corrected chi connectivity index (χ0v) is 12.8. The molecule has 0 radical (unpaired) electrons. The molecular formula is C13H12BrN3O4. The highest BCUT2D eigenvalue weighted by Crippen LogP contribution is 2.32. The number of imidazole rings is 1. The molecule has 0 saturated heterocycles. The van der Waals surface area contributed by atoms with Crippen molar-refractivity contribution >= 4 is 33.5 Å². The fourth-order valence-corrected chi connectivity index (χ4v) is 2.39. The summed E-state index contributed by atoms with van der Waals surface area (Å²) < 4.78 is 6.02. The smallest absolute Gasteiger partial charge is 0.354 e. The minimum absolute atomic E-state index is 0.188. The second-order valence-electron chi connectivity index (χ2n) is 4.19. The van der Waals surface area contributed by atoms with Crippen LogP contribution in [0, 0.1) is 6.92 Å². The molecule has 0 spiro atoms. The third-order valence-corrected chi connectivity index (χ3v) is 3.25. The van der Waals surface area contributed by atoms with E-state index in [1.165, 1.54) is 7.11 Å². The number of halogens is 1. The maximum Gasteiger partial charge on any atom is 0.354 e. The number of carboxylic acid groups (broad SMARTS) is 1. The molecule has 1 aromatic heterocycles. The Morgan fingerprint density at radius 1 is 1.43 bits per heavy atom. The number of rotatable bonds is 4. The number of aryl methyl sites for hydroxylation is 1. The van der Waals surface area contributed by atoms with E-state index in [4.69, 9.17) is 9.84 Å². The molecule has 0 unspecified atom stereocenters. The van der Waals surface area contributed by atoms with Crippen LogP contribution in [0.25, 0.3) is 0 Å². The van der Waals surface area contributed by atoms with Crippen LogP contribution in [0.1, 0.15) is 26.5 Å². The molecule has 2 aromatic rings. The van der Waals surface area contributed by atoms with Crippen molar-refractivity contribution in [2.45, 2.75) is 6.92 Å². The van der Waals surface area contributed by atoms with Gasteiger partial charge in [-0.05, 0) is 24.6 Å². The van der Waals surface area contributed by atoms with Gasteiger partial charge in [0.15, 0.2) is 11.4 Å². The maximum absolute atomic E-state index is 12.2. The number of hydrogen-bond donors (Lipinski definition) is 3. The van der Waals surface area contributed by atoms with Gasteiger partial charge < -0.3 is 20.1 Å². The second kappa shape index (κ2) is 5.96. The summed E-state index contributed by atoms with van der Waals surface area (Å²) in [6.07, 6.45) is 1.16. The predicted octanol–water partition coefficient (Wildman–Crippen LogP) is 2.44. The summed E-state index contributed by atoms with van der Waals surface area (Å²) in [4.78, 5) is 29.3.